The highest BCUT2D eigenvalue weighted by Crippen LogP contribution is 2.17. The van der Waals surface area contributed by atoms with E-state index in [4.69, 9.17) is 18.9 Å². The Kier molecular flexibility index (Phi) is 15.3. The molecule has 0 saturated heterocycles. The normalized spacial score (nSPS) is 12.1. The van der Waals surface area contributed by atoms with Gasteiger partial charge in [0, 0.05) is 24.1 Å². The van der Waals surface area contributed by atoms with Gasteiger partial charge in [-0.05, 0) is 38.5 Å². The highest BCUT2D eigenvalue weighted by molar-refractivity contribution is 5.87. The number of rotatable bonds is 16. The largest absolute Gasteiger partial charge is 0.462 e. The lowest BCUT2D eigenvalue weighted by molar-refractivity contribution is -0.150. The molecule has 0 fully saturated rings. The molecule has 9 nitrogen and oxygen atoms in total. The first-order chi connectivity index (χ1) is 15.0. The molecule has 0 spiro atoms. The van der Waals surface area contributed by atoms with Crippen LogP contribution in [0.1, 0.15) is 53.4 Å². The maximum atomic E-state index is 11.7. The monoisotopic (exact) mass is 455 g/mol. The van der Waals surface area contributed by atoms with Crippen molar-refractivity contribution in [1.29, 1.82) is 0 Å². The summed E-state index contributed by atoms with van der Waals surface area (Å²) in [4.78, 5) is 45.8. The fourth-order valence-corrected chi connectivity index (χ4v) is 2.67. The molecule has 0 aromatic carbocycles. The van der Waals surface area contributed by atoms with Crippen LogP contribution in [0, 0.1) is 11.8 Å². The third kappa shape index (κ3) is 15.9. The van der Waals surface area contributed by atoms with Gasteiger partial charge in [0.2, 0.25) is 0 Å². The zero-order valence-electron chi connectivity index (χ0n) is 19.7. The molecular formula is C23H37NO8. The summed E-state index contributed by atoms with van der Waals surface area (Å²) in [7, 11) is 0. The minimum atomic E-state index is -0.562. The molecular weight excluding hydrogens is 418 g/mol. The number of alkyl carbamates (subject to hydrolysis) is 1. The smallest absolute Gasteiger partial charge is 0.407 e. The van der Waals surface area contributed by atoms with E-state index in [9.17, 15) is 19.2 Å². The topological polar surface area (TPSA) is 117 Å². The lowest BCUT2D eigenvalue weighted by Crippen LogP contribution is -2.30. The number of hydrogen-bond acceptors (Lipinski definition) is 8. The molecule has 0 radical (unpaired) electrons. The van der Waals surface area contributed by atoms with Crippen LogP contribution in [0.2, 0.25) is 0 Å². The number of carbonyl (C=O) groups excluding carboxylic acids is 4. The molecule has 0 aromatic heterocycles. The van der Waals surface area contributed by atoms with E-state index in [0.29, 0.717) is 30.9 Å². The van der Waals surface area contributed by atoms with Gasteiger partial charge in [0.15, 0.2) is 0 Å². The molecule has 182 valence electrons. The van der Waals surface area contributed by atoms with Crippen LogP contribution in [0.5, 0.6) is 0 Å². The average molecular weight is 456 g/mol. The number of carbonyl (C=O) groups is 4. The predicted molar refractivity (Wildman–Crippen MR) is 119 cm³/mol. The van der Waals surface area contributed by atoms with Crippen LogP contribution in [0.15, 0.2) is 24.3 Å². The van der Waals surface area contributed by atoms with Crippen molar-refractivity contribution in [3.05, 3.63) is 24.3 Å². The number of ether oxygens (including phenoxy) is 4. The van der Waals surface area contributed by atoms with Crippen molar-refractivity contribution in [1.82, 2.24) is 5.32 Å². The molecule has 9 heteroatoms. The van der Waals surface area contributed by atoms with Crippen molar-refractivity contribution in [2.45, 2.75) is 53.4 Å². The zero-order chi connectivity index (χ0) is 24.5. The van der Waals surface area contributed by atoms with Gasteiger partial charge < -0.3 is 24.3 Å². The Bertz CT molecular complexity index is 658. The van der Waals surface area contributed by atoms with Gasteiger partial charge in [0.25, 0.3) is 0 Å². The summed E-state index contributed by atoms with van der Waals surface area (Å²) < 4.78 is 19.6. The van der Waals surface area contributed by atoms with E-state index in [1.807, 2.05) is 6.92 Å². The summed E-state index contributed by atoms with van der Waals surface area (Å²) in [5.41, 5.74) is 0.587. The second kappa shape index (κ2) is 16.8. The molecule has 0 aromatic rings. The van der Waals surface area contributed by atoms with E-state index in [-0.39, 0.29) is 43.9 Å². The van der Waals surface area contributed by atoms with E-state index in [1.54, 1.807) is 6.92 Å². The molecule has 2 unspecified atom stereocenters. The standard InChI is InChI=1S/C23H37NO8/c1-16(2)21(26)30-11-10-29-20(25)9-7-8-18(5)14-19(6)15-24-23(28)32-13-12-31-22(27)17(3)4/h18-19H,1,3,7-15H2,2,4-6H3,(H,24,28). The molecule has 2 atom stereocenters. The maximum absolute atomic E-state index is 11.7. The Labute approximate surface area is 190 Å². The fraction of sp³-hybridized carbons (Fsp3) is 0.652. The van der Waals surface area contributed by atoms with Crippen molar-refractivity contribution in [2.24, 2.45) is 11.8 Å². The molecule has 1 N–H and O–H groups in total. The van der Waals surface area contributed by atoms with Crippen molar-refractivity contribution < 1.29 is 38.1 Å². The first-order valence-corrected chi connectivity index (χ1v) is 10.7. The second-order valence-electron chi connectivity index (χ2n) is 7.91. The van der Waals surface area contributed by atoms with Crippen LogP contribution >= 0.6 is 0 Å². The van der Waals surface area contributed by atoms with Crippen molar-refractivity contribution in [3.63, 3.8) is 0 Å². The fourth-order valence-electron chi connectivity index (χ4n) is 2.67. The van der Waals surface area contributed by atoms with Gasteiger partial charge in [-0.25, -0.2) is 14.4 Å². The Morgan fingerprint density at radius 2 is 1.28 bits per heavy atom. The Balaban J connectivity index is 3.78. The third-order valence-corrected chi connectivity index (χ3v) is 4.30. The van der Waals surface area contributed by atoms with Crippen LogP contribution in [0.25, 0.3) is 0 Å². The van der Waals surface area contributed by atoms with Crippen LogP contribution in [0.3, 0.4) is 0 Å². The van der Waals surface area contributed by atoms with Crippen LogP contribution < -0.4 is 5.32 Å². The average Bonchev–Trinajstić information content (AvgIpc) is 2.72. The van der Waals surface area contributed by atoms with Crippen molar-refractivity contribution >= 4 is 24.0 Å². The Hall–Kier alpha value is -2.84. The van der Waals surface area contributed by atoms with Crippen molar-refractivity contribution in [2.75, 3.05) is 33.0 Å². The molecule has 0 bridgehead atoms. The highest BCUT2D eigenvalue weighted by Gasteiger charge is 2.13. The zero-order valence-corrected chi connectivity index (χ0v) is 19.7. The summed E-state index contributed by atoms with van der Waals surface area (Å²) >= 11 is 0. The SMILES string of the molecule is C=C(C)C(=O)OCCOC(=O)CCCC(C)CC(C)CNC(=O)OCCOC(=O)C(=C)C. The minimum absolute atomic E-state index is 0.0143. The quantitative estimate of drug-likeness (QED) is 0.163. The van der Waals surface area contributed by atoms with Gasteiger partial charge in [-0.2, -0.15) is 0 Å². The number of esters is 3. The lowest BCUT2D eigenvalue weighted by Gasteiger charge is -2.17. The number of nitrogens with one attached hydrogen (secondary N) is 1. The highest BCUT2D eigenvalue weighted by atomic mass is 16.6. The summed E-state index contributed by atoms with van der Waals surface area (Å²) in [6.45, 7) is 14.6. The minimum Gasteiger partial charge on any atom is -0.462 e. The summed E-state index contributed by atoms with van der Waals surface area (Å²) in [6, 6.07) is 0. The van der Waals surface area contributed by atoms with Gasteiger partial charge in [-0.3, -0.25) is 4.79 Å². The molecule has 0 rings (SSSR count). The van der Waals surface area contributed by atoms with Gasteiger partial charge in [-0.1, -0.05) is 33.4 Å². The molecule has 0 heterocycles. The van der Waals surface area contributed by atoms with Gasteiger partial charge in [0.1, 0.15) is 26.4 Å². The van der Waals surface area contributed by atoms with Gasteiger partial charge in [-0.15, -0.1) is 0 Å². The molecule has 0 saturated carbocycles. The van der Waals surface area contributed by atoms with Crippen LogP contribution in [0.4, 0.5) is 4.79 Å². The van der Waals surface area contributed by atoms with Gasteiger partial charge in [0.05, 0.1) is 0 Å². The summed E-state index contributed by atoms with van der Waals surface area (Å²) in [5, 5.41) is 2.68. The number of hydrogen-bond donors (Lipinski definition) is 1. The van der Waals surface area contributed by atoms with Crippen molar-refractivity contribution in [3.8, 4) is 0 Å². The third-order valence-electron chi connectivity index (χ3n) is 4.30. The van der Waals surface area contributed by atoms with E-state index < -0.39 is 18.0 Å². The Morgan fingerprint density at radius 1 is 0.781 bits per heavy atom. The van der Waals surface area contributed by atoms with Gasteiger partial charge >= 0.3 is 24.0 Å². The molecule has 1 amide bonds. The van der Waals surface area contributed by atoms with E-state index in [2.05, 4.69) is 25.4 Å². The van der Waals surface area contributed by atoms with E-state index >= 15 is 0 Å². The first kappa shape index (κ1) is 29.2. The van der Waals surface area contributed by atoms with Crippen LogP contribution in [-0.4, -0.2) is 57.0 Å². The molecule has 32 heavy (non-hydrogen) atoms. The first-order valence-electron chi connectivity index (χ1n) is 10.7. The molecule has 0 aliphatic rings. The number of amides is 1. The predicted octanol–water partition coefficient (Wildman–Crippen LogP) is 3.33. The second-order valence-corrected chi connectivity index (χ2v) is 7.91. The summed E-state index contributed by atoms with van der Waals surface area (Å²) in [5.74, 6) is -0.748. The van der Waals surface area contributed by atoms with Crippen LogP contribution in [-0.2, 0) is 33.3 Å². The molecule has 0 aliphatic carbocycles. The molecule has 0 aliphatic heterocycles. The maximum Gasteiger partial charge on any atom is 0.407 e. The Morgan fingerprint density at radius 3 is 1.81 bits per heavy atom. The lowest BCUT2D eigenvalue weighted by atomic mass is 9.93. The van der Waals surface area contributed by atoms with E-state index in [1.165, 1.54) is 6.92 Å². The summed E-state index contributed by atoms with van der Waals surface area (Å²) in [6.07, 6.45) is 2.16. The van der Waals surface area contributed by atoms with E-state index in [0.717, 1.165) is 12.8 Å².